The van der Waals surface area contributed by atoms with E-state index < -0.39 is 23.7 Å². The fourth-order valence-corrected chi connectivity index (χ4v) is 1.74. The summed E-state index contributed by atoms with van der Waals surface area (Å²) in [5.41, 5.74) is -0.459. The van der Waals surface area contributed by atoms with Gasteiger partial charge in [0.1, 0.15) is 17.4 Å². The van der Waals surface area contributed by atoms with Crippen LogP contribution in [0.2, 0.25) is 0 Å². The summed E-state index contributed by atoms with van der Waals surface area (Å²) in [5, 5.41) is 21.3. The van der Waals surface area contributed by atoms with Gasteiger partial charge in [-0.15, -0.1) is 0 Å². The molecule has 7 nitrogen and oxygen atoms in total. The van der Waals surface area contributed by atoms with Crippen LogP contribution in [0.15, 0.2) is 18.2 Å². The number of hydrogen-bond acceptors (Lipinski definition) is 5. The lowest BCUT2D eigenvalue weighted by atomic mass is 10.0. The minimum absolute atomic E-state index is 0.0545. The molecule has 3 N–H and O–H groups in total. The van der Waals surface area contributed by atoms with Crippen molar-refractivity contribution in [1.29, 1.82) is 0 Å². The number of aliphatic carboxylic acids is 1. The van der Waals surface area contributed by atoms with Crippen LogP contribution in [0.3, 0.4) is 0 Å². The Morgan fingerprint density at radius 2 is 2.00 bits per heavy atom. The van der Waals surface area contributed by atoms with Crippen molar-refractivity contribution in [3.8, 4) is 5.75 Å². The molecule has 0 heterocycles. The maximum atomic E-state index is 11.7. The summed E-state index contributed by atoms with van der Waals surface area (Å²) >= 11 is 0. The predicted molar refractivity (Wildman–Crippen MR) is 78.0 cm³/mol. The highest BCUT2D eigenvalue weighted by molar-refractivity contribution is 5.82. The summed E-state index contributed by atoms with van der Waals surface area (Å²) in [5.74, 6) is -1.57. The average Bonchev–Trinajstić information content (AvgIpc) is 2.37. The van der Waals surface area contributed by atoms with E-state index in [1.165, 1.54) is 18.2 Å². The molecule has 0 aromatic heterocycles. The van der Waals surface area contributed by atoms with E-state index >= 15 is 0 Å². The lowest BCUT2D eigenvalue weighted by Crippen LogP contribution is -2.44. The van der Waals surface area contributed by atoms with E-state index in [1.54, 1.807) is 20.8 Å². The number of aromatic hydroxyl groups is 1. The molecule has 1 aromatic rings. The maximum Gasteiger partial charge on any atom is 0.408 e. The van der Waals surface area contributed by atoms with Crippen molar-refractivity contribution in [1.82, 2.24) is 5.32 Å². The van der Waals surface area contributed by atoms with E-state index in [-0.39, 0.29) is 23.3 Å². The van der Waals surface area contributed by atoms with Gasteiger partial charge in [-0.25, -0.2) is 9.59 Å². The zero-order chi connectivity index (χ0) is 16.9. The number of ether oxygens (including phenoxy) is 1. The molecule has 1 atom stereocenters. The van der Waals surface area contributed by atoms with Crippen molar-refractivity contribution in [2.24, 2.45) is 0 Å². The molecule has 22 heavy (non-hydrogen) atoms. The Kier molecular flexibility index (Phi) is 5.50. The molecule has 0 spiro atoms. The first-order chi connectivity index (χ1) is 10.1. The van der Waals surface area contributed by atoms with Crippen molar-refractivity contribution < 1.29 is 29.3 Å². The van der Waals surface area contributed by atoms with Crippen molar-refractivity contribution >= 4 is 18.3 Å². The quantitative estimate of drug-likeness (QED) is 0.714. The maximum absolute atomic E-state index is 11.7. The summed E-state index contributed by atoms with van der Waals surface area (Å²) in [4.78, 5) is 33.7. The van der Waals surface area contributed by atoms with E-state index in [9.17, 15) is 24.6 Å². The Labute approximate surface area is 127 Å². The minimum Gasteiger partial charge on any atom is -0.507 e. The third-order valence-electron chi connectivity index (χ3n) is 2.69. The second kappa shape index (κ2) is 6.93. The highest BCUT2D eigenvalue weighted by Crippen LogP contribution is 2.22. The molecule has 0 saturated carbocycles. The number of amides is 1. The van der Waals surface area contributed by atoms with Crippen LogP contribution < -0.4 is 5.32 Å². The number of para-hydroxylation sites is 1. The standard InChI is InChI=1S/C15H19NO6/c1-15(2,3)22-14(21)16-11(13(19)20)7-9-5-4-6-10(8-17)12(9)18/h4-6,8,11,18H,7H2,1-3H3,(H,16,21)(H,19,20)/t11-/m0/s1. The molecule has 0 radical (unpaired) electrons. The van der Waals surface area contributed by atoms with Gasteiger partial charge in [0, 0.05) is 6.42 Å². The highest BCUT2D eigenvalue weighted by Gasteiger charge is 2.25. The van der Waals surface area contributed by atoms with Crippen molar-refractivity contribution in [2.75, 3.05) is 0 Å². The molecule has 0 fully saturated rings. The second-order valence-electron chi connectivity index (χ2n) is 5.71. The third-order valence-corrected chi connectivity index (χ3v) is 2.69. The number of carboxylic acid groups (broad SMARTS) is 1. The van der Waals surface area contributed by atoms with Crippen molar-refractivity contribution in [3.63, 3.8) is 0 Å². The van der Waals surface area contributed by atoms with Gasteiger partial charge in [0.25, 0.3) is 0 Å². The lowest BCUT2D eigenvalue weighted by molar-refractivity contribution is -0.139. The van der Waals surface area contributed by atoms with E-state index in [1.807, 2.05) is 0 Å². The van der Waals surface area contributed by atoms with E-state index in [4.69, 9.17) is 4.74 Å². The topological polar surface area (TPSA) is 113 Å². The Morgan fingerprint density at radius 1 is 1.36 bits per heavy atom. The van der Waals surface area contributed by atoms with Crippen molar-refractivity contribution in [2.45, 2.75) is 38.8 Å². The van der Waals surface area contributed by atoms with Crippen LogP contribution in [0.4, 0.5) is 4.79 Å². The first-order valence-corrected chi connectivity index (χ1v) is 6.62. The Morgan fingerprint density at radius 3 is 2.50 bits per heavy atom. The van der Waals surface area contributed by atoms with Crippen LogP contribution in [-0.2, 0) is 16.0 Å². The van der Waals surface area contributed by atoms with Gasteiger partial charge in [0.05, 0.1) is 5.56 Å². The molecule has 1 aromatic carbocycles. The molecule has 1 rings (SSSR count). The SMILES string of the molecule is CC(C)(C)OC(=O)N[C@@H](Cc1cccc(C=O)c1O)C(=O)O. The van der Waals surface area contributed by atoms with E-state index in [0.29, 0.717) is 6.29 Å². The monoisotopic (exact) mass is 309 g/mol. The molecule has 0 bridgehead atoms. The number of aldehydes is 1. The van der Waals surface area contributed by atoms with Crippen LogP contribution in [0.25, 0.3) is 0 Å². The minimum atomic E-state index is -1.29. The fraction of sp³-hybridized carbons (Fsp3) is 0.400. The van der Waals surface area contributed by atoms with E-state index in [2.05, 4.69) is 5.32 Å². The molecule has 0 aliphatic rings. The number of carbonyl (C=O) groups excluding carboxylic acids is 2. The number of carboxylic acids is 1. The summed E-state index contributed by atoms with van der Waals surface area (Å²) in [6.45, 7) is 4.96. The number of rotatable bonds is 5. The van der Waals surface area contributed by atoms with Gasteiger partial charge in [0.2, 0.25) is 0 Å². The van der Waals surface area contributed by atoms with Gasteiger partial charge < -0.3 is 20.3 Å². The zero-order valence-electron chi connectivity index (χ0n) is 12.6. The normalized spacial score (nSPS) is 12.3. The first-order valence-electron chi connectivity index (χ1n) is 6.62. The highest BCUT2D eigenvalue weighted by atomic mass is 16.6. The number of nitrogens with one attached hydrogen (secondary N) is 1. The van der Waals surface area contributed by atoms with Gasteiger partial charge in [0.15, 0.2) is 6.29 Å². The first kappa shape index (κ1) is 17.5. The molecule has 1 amide bonds. The van der Waals surface area contributed by atoms with Crippen LogP contribution in [0.5, 0.6) is 5.75 Å². The Balaban J connectivity index is 2.88. The molecule has 0 unspecified atom stereocenters. The average molecular weight is 309 g/mol. The van der Waals surface area contributed by atoms with Gasteiger partial charge in [-0.2, -0.15) is 0 Å². The second-order valence-corrected chi connectivity index (χ2v) is 5.71. The molecule has 0 aliphatic heterocycles. The van der Waals surface area contributed by atoms with Gasteiger partial charge in [-0.3, -0.25) is 4.79 Å². The summed E-state index contributed by atoms with van der Waals surface area (Å²) < 4.78 is 5.00. The predicted octanol–water partition coefficient (Wildman–Crippen LogP) is 1.73. The van der Waals surface area contributed by atoms with E-state index in [0.717, 1.165) is 0 Å². The van der Waals surface area contributed by atoms with Crippen LogP contribution in [0.1, 0.15) is 36.7 Å². The molecule has 0 aliphatic carbocycles. The molecular formula is C15H19NO6. The number of hydrogen-bond donors (Lipinski definition) is 3. The Hall–Kier alpha value is -2.57. The smallest absolute Gasteiger partial charge is 0.408 e. The van der Waals surface area contributed by atoms with Crippen molar-refractivity contribution in [3.05, 3.63) is 29.3 Å². The number of phenols is 1. The lowest BCUT2D eigenvalue weighted by Gasteiger charge is -2.22. The fourth-order valence-electron chi connectivity index (χ4n) is 1.74. The zero-order valence-corrected chi connectivity index (χ0v) is 12.6. The van der Waals surface area contributed by atoms with Crippen LogP contribution in [-0.4, -0.2) is 40.2 Å². The van der Waals surface area contributed by atoms with Crippen LogP contribution >= 0.6 is 0 Å². The van der Waals surface area contributed by atoms with Crippen LogP contribution in [0, 0.1) is 0 Å². The van der Waals surface area contributed by atoms with Gasteiger partial charge in [-0.1, -0.05) is 12.1 Å². The van der Waals surface area contributed by atoms with Gasteiger partial charge >= 0.3 is 12.1 Å². The summed E-state index contributed by atoms with van der Waals surface area (Å²) in [6, 6.07) is 3.12. The Bertz CT molecular complexity index is 576. The van der Waals surface area contributed by atoms with Gasteiger partial charge in [-0.05, 0) is 32.4 Å². The summed E-state index contributed by atoms with van der Waals surface area (Å²) in [6.07, 6.45) is -0.580. The molecular weight excluding hydrogens is 290 g/mol. The largest absolute Gasteiger partial charge is 0.507 e. The number of alkyl carbamates (subject to hydrolysis) is 1. The number of benzene rings is 1. The molecule has 0 saturated heterocycles. The summed E-state index contributed by atoms with van der Waals surface area (Å²) in [7, 11) is 0. The number of carbonyl (C=O) groups is 3. The third kappa shape index (κ3) is 5.08. The molecule has 120 valence electrons. The number of phenolic OH excluding ortho intramolecular Hbond substituents is 1. The molecule has 7 heteroatoms.